The van der Waals surface area contributed by atoms with Gasteiger partial charge in [0.05, 0.1) is 23.4 Å². The number of alkyl halides is 3. The minimum atomic E-state index is -4.62. The van der Waals surface area contributed by atoms with Crippen molar-refractivity contribution in [3.05, 3.63) is 41.7 Å². The van der Waals surface area contributed by atoms with Crippen LogP contribution in [0, 0.1) is 6.92 Å². The van der Waals surface area contributed by atoms with E-state index in [0.717, 1.165) is 24.0 Å². The van der Waals surface area contributed by atoms with Gasteiger partial charge in [0.25, 0.3) is 0 Å². The van der Waals surface area contributed by atoms with Crippen LogP contribution in [0.2, 0.25) is 0 Å². The fourth-order valence-corrected chi connectivity index (χ4v) is 5.31. The van der Waals surface area contributed by atoms with Crippen molar-refractivity contribution in [3.63, 3.8) is 0 Å². The van der Waals surface area contributed by atoms with Gasteiger partial charge in [0, 0.05) is 25.0 Å². The van der Waals surface area contributed by atoms with Gasteiger partial charge in [-0.25, -0.2) is 18.4 Å². The van der Waals surface area contributed by atoms with Crippen molar-refractivity contribution in [2.75, 3.05) is 31.6 Å². The van der Waals surface area contributed by atoms with E-state index in [0.29, 0.717) is 18.8 Å². The van der Waals surface area contributed by atoms with Gasteiger partial charge >= 0.3 is 6.18 Å². The van der Waals surface area contributed by atoms with E-state index in [1.807, 2.05) is 0 Å². The predicted molar refractivity (Wildman–Crippen MR) is 112 cm³/mol. The molecule has 8 nitrogen and oxygen atoms in total. The van der Waals surface area contributed by atoms with E-state index >= 15 is 0 Å². The average molecular weight is 491 g/mol. The fraction of sp³-hybridized carbons (Fsp3) is 0.421. The van der Waals surface area contributed by atoms with Crippen LogP contribution in [0.1, 0.15) is 18.2 Å². The number of rotatable bonds is 6. The summed E-state index contributed by atoms with van der Waals surface area (Å²) in [7, 11) is -3.77. The predicted octanol–water partition coefficient (Wildman–Crippen LogP) is 2.94. The lowest BCUT2D eigenvalue weighted by Gasteiger charge is -2.27. The highest BCUT2D eigenvalue weighted by atomic mass is 32.2. The van der Waals surface area contributed by atoms with Gasteiger partial charge in [-0.15, -0.1) is 0 Å². The Balaban J connectivity index is 1.73. The second kappa shape index (κ2) is 9.73. The highest BCUT2D eigenvalue weighted by Crippen LogP contribution is 2.30. The smallest absolute Gasteiger partial charge is 0.379 e. The fourth-order valence-electron chi connectivity index (χ4n) is 2.89. The molecule has 1 atom stereocenters. The minimum Gasteiger partial charge on any atom is -0.379 e. The summed E-state index contributed by atoms with van der Waals surface area (Å²) < 4.78 is 70.9. The summed E-state index contributed by atoms with van der Waals surface area (Å²) in [6, 6.07) is 5.26. The second-order valence-corrected chi connectivity index (χ2v) is 10.2. The Morgan fingerprint density at radius 1 is 1.25 bits per heavy atom. The third-order valence-electron chi connectivity index (χ3n) is 4.62. The summed E-state index contributed by atoms with van der Waals surface area (Å²) >= 11 is 0.762. The first kappa shape index (κ1) is 24.4. The molecule has 1 saturated heterocycles. The topological polar surface area (TPSA) is 101 Å². The Labute approximate surface area is 187 Å². The first-order chi connectivity index (χ1) is 15.0. The number of carbonyl (C=O) groups is 1. The number of morpholine rings is 1. The normalized spacial score (nSPS) is 16.5. The summed E-state index contributed by atoms with van der Waals surface area (Å²) in [4.78, 5) is 19.8. The van der Waals surface area contributed by atoms with Gasteiger partial charge in [-0.1, -0.05) is 17.8 Å². The number of nitrogens with one attached hydrogen (secondary N) is 1. The van der Waals surface area contributed by atoms with E-state index in [2.05, 4.69) is 15.3 Å². The SMILES string of the molecule is Cc1ccc(NC(=O)[C@@H](C)Sc2nccc(C(F)(F)F)n2)cc1S(=O)(=O)N1CCOCC1. The monoisotopic (exact) mass is 490 g/mol. The molecular formula is C19H21F3N4O4S2. The lowest BCUT2D eigenvalue weighted by molar-refractivity contribution is -0.141. The van der Waals surface area contributed by atoms with E-state index in [4.69, 9.17) is 4.74 Å². The van der Waals surface area contributed by atoms with Gasteiger partial charge in [-0.3, -0.25) is 4.79 Å². The highest BCUT2D eigenvalue weighted by Gasteiger charge is 2.33. The lowest BCUT2D eigenvalue weighted by Crippen LogP contribution is -2.40. The Bertz CT molecular complexity index is 1090. The number of nitrogens with zero attached hydrogens (tertiary/aromatic N) is 3. The van der Waals surface area contributed by atoms with Crippen LogP contribution >= 0.6 is 11.8 Å². The van der Waals surface area contributed by atoms with E-state index in [1.165, 1.54) is 17.3 Å². The molecule has 0 saturated carbocycles. The summed E-state index contributed by atoms with van der Waals surface area (Å²) in [5, 5.41) is 1.58. The molecular weight excluding hydrogens is 469 g/mol. The van der Waals surface area contributed by atoms with Crippen LogP contribution < -0.4 is 5.32 Å². The maximum Gasteiger partial charge on any atom is 0.433 e. The third-order valence-corrected chi connectivity index (χ3v) is 7.63. The van der Waals surface area contributed by atoms with Crippen molar-refractivity contribution >= 4 is 33.4 Å². The summed E-state index contributed by atoms with van der Waals surface area (Å²) in [5.74, 6) is -0.533. The van der Waals surface area contributed by atoms with Crippen LogP contribution in [0.5, 0.6) is 0 Å². The van der Waals surface area contributed by atoms with E-state index in [9.17, 15) is 26.4 Å². The van der Waals surface area contributed by atoms with Gasteiger partial charge in [-0.2, -0.15) is 17.5 Å². The van der Waals surface area contributed by atoms with Crippen molar-refractivity contribution in [1.82, 2.24) is 14.3 Å². The number of anilines is 1. The van der Waals surface area contributed by atoms with Crippen LogP contribution in [0.25, 0.3) is 0 Å². The number of aromatic nitrogens is 2. The standard InChI is InChI=1S/C19H21F3N4O4S2/c1-12-3-4-14(11-15(12)32(28,29)26-7-9-30-10-8-26)24-17(27)13(2)31-18-23-6-5-16(25-18)19(20,21)22/h3-6,11,13H,7-10H2,1-2H3,(H,24,27)/t13-/m1/s1. The van der Waals surface area contributed by atoms with Crippen LogP contribution in [0.15, 0.2) is 40.5 Å². The van der Waals surface area contributed by atoms with Gasteiger partial charge in [-0.05, 0) is 37.6 Å². The van der Waals surface area contributed by atoms with E-state index in [-0.39, 0.29) is 28.8 Å². The number of hydrogen-bond donors (Lipinski definition) is 1. The number of sulfonamides is 1. The molecule has 32 heavy (non-hydrogen) atoms. The van der Waals surface area contributed by atoms with Crippen molar-refractivity contribution in [2.45, 2.75) is 35.3 Å². The molecule has 2 heterocycles. The van der Waals surface area contributed by atoms with Crippen LogP contribution in [0.3, 0.4) is 0 Å². The number of carbonyl (C=O) groups excluding carboxylic acids is 1. The number of hydrogen-bond acceptors (Lipinski definition) is 7. The highest BCUT2D eigenvalue weighted by molar-refractivity contribution is 8.00. The molecule has 1 aromatic carbocycles. The number of halogens is 3. The number of aryl methyl sites for hydroxylation is 1. The Morgan fingerprint density at radius 2 is 1.94 bits per heavy atom. The summed E-state index contributed by atoms with van der Waals surface area (Å²) in [5.41, 5.74) is -0.321. The molecule has 1 aliphatic rings. The maximum absolute atomic E-state index is 13.0. The zero-order chi connectivity index (χ0) is 23.5. The molecule has 1 aromatic heterocycles. The van der Waals surface area contributed by atoms with Crippen LogP contribution in [-0.2, 0) is 25.7 Å². The number of benzene rings is 1. The van der Waals surface area contributed by atoms with Gasteiger partial charge in [0.1, 0.15) is 5.69 Å². The molecule has 0 spiro atoms. The molecule has 0 aliphatic carbocycles. The lowest BCUT2D eigenvalue weighted by atomic mass is 10.2. The average Bonchev–Trinajstić information content (AvgIpc) is 2.75. The molecule has 1 N–H and O–H groups in total. The minimum absolute atomic E-state index is 0.0683. The van der Waals surface area contributed by atoms with Crippen molar-refractivity contribution < 1.29 is 31.1 Å². The molecule has 1 fully saturated rings. The molecule has 0 bridgehead atoms. The second-order valence-electron chi connectivity index (χ2n) is 6.97. The Morgan fingerprint density at radius 3 is 2.59 bits per heavy atom. The van der Waals surface area contributed by atoms with Crippen LogP contribution in [-0.4, -0.2) is 60.2 Å². The zero-order valence-electron chi connectivity index (χ0n) is 17.2. The molecule has 174 valence electrons. The zero-order valence-corrected chi connectivity index (χ0v) is 18.9. The number of ether oxygens (including phenoxy) is 1. The van der Waals surface area contributed by atoms with Crippen molar-refractivity contribution in [3.8, 4) is 0 Å². The number of amides is 1. The molecule has 3 rings (SSSR count). The summed E-state index contributed by atoms with van der Waals surface area (Å²) in [6.45, 7) is 4.24. The molecule has 1 aliphatic heterocycles. The van der Waals surface area contributed by atoms with Crippen LogP contribution in [0.4, 0.5) is 18.9 Å². The van der Waals surface area contributed by atoms with E-state index < -0.39 is 33.1 Å². The first-order valence-electron chi connectivity index (χ1n) is 9.55. The summed E-state index contributed by atoms with van der Waals surface area (Å²) in [6.07, 6.45) is -3.64. The maximum atomic E-state index is 13.0. The molecule has 2 aromatic rings. The third kappa shape index (κ3) is 5.77. The molecule has 1 amide bonds. The number of thioether (sulfide) groups is 1. The van der Waals surface area contributed by atoms with Crippen molar-refractivity contribution in [1.29, 1.82) is 0 Å². The first-order valence-corrected chi connectivity index (χ1v) is 11.9. The quantitative estimate of drug-likeness (QED) is 0.491. The molecule has 0 unspecified atom stereocenters. The van der Waals surface area contributed by atoms with Gasteiger partial charge in [0.2, 0.25) is 15.9 Å². The van der Waals surface area contributed by atoms with Gasteiger partial charge in [0.15, 0.2) is 5.16 Å². The Kier molecular flexibility index (Phi) is 7.43. The van der Waals surface area contributed by atoms with Gasteiger partial charge < -0.3 is 10.1 Å². The largest absolute Gasteiger partial charge is 0.433 e. The van der Waals surface area contributed by atoms with E-state index in [1.54, 1.807) is 19.1 Å². The molecule has 13 heteroatoms. The van der Waals surface area contributed by atoms with Crippen molar-refractivity contribution in [2.24, 2.45) is 0 Å². The Hall–Kier alpha value is -2.22. The molecule has 0 radical (unpaired) electrons.